The highest BCUT2D eigenvalue weighted by atomic mass is 16.5. The van der Waals surface area contributed by atoms with E-state index in [1.165, 1.54) is 21.5 Å². The normalized spacial score (nSPS) is 11.9. The molecule has 0 fully saturated rings. The average molecular weight is 329 g/mol. The van der Waals surface area contributed by atoms with Gasteiger partial charge in [0.15, 0.2) is 5.75 Å². The van der Waals surface area contributed by atoms with E-state index in [9.17, 15) is 0 Å². The molecular formula is C21H19N3O. The number of likely N-dealkylation sites (N-methyl/N-ethyl adjacent to an activating group) is 1. The number of hydrogen-bond donors (Lipinski definition) is 3. The maximum Gasteiger partial charge on any atom is 0.167 e. The van der Waals surface area contributed by atoms with E-state index in [2.05, 4.69) is 69.9 Å². The molecule has 0 aliphatic heterocycles. The molecule has 2 aromatic heterocycles. The fourth-order valence-corrected chi connectivity index (χ4v) is 3.65. The van der Waals surface area contributed by atoms with Gasteiger partial charge in [0, 0.05) is 39.1 Å². The molecule has 4 nitrogen and oxygen atoms in total. The summed E-state index contributed by atoms with van der Waals surface area (Å²) in [5.41, 5.74) is 4.37. The van der Waals surface area contributed by atoms with Gasteiger partial charge in [0.25, 0.3) is 0 Å². The van der Waals surface area contributed by atoms with E-state index in [1.807, 2.05) is 7.05 Å². The highest BCUT2D eigenvalue weighted by Gasteiger charge is 2.16. The van der Waals surface area contributed by atoms with Crippen LogP contribution < -0.4 is 10.1 Å². The van der Waals surface area contributed by atoms with Crippen molar-refractivity contribution in [1.29, 1.82) is 0 Å². The summed E-state index contributed by atoms with van der Waals surface area (Å²) < 4.78 is 6.21. The molecule has 4 heteroatoms. The molecular weight excluding hydrogens is 310 g/mol. The van der Waals surface area contributed by atoms with Crippen molar-refractivity contribution in [3.05, 3.63) is 54.6 Å². The van der Waals surface area contributed by atoms with Gasteiger partial charge in [0.1, 0.15) is 6.61 Å². The maximum atomic E-state index is 6.21. The molecule has 0 bridgehead atoms. The zero-order valence-electron chi connectivity index (χ0n) is 14.0. The van der Waals surface area contributed by atoms with Crippen LogP contribution in [0.4, 0.5) is 0 Å². The summed E-state index contributed by atoms with van der Waals surface area (Å²) in [6.45, 7) is 1.42. The zero-order chi connectivity index (χ0) is 16.8. The van der Waals surface area contributed by atoms with Crippen LogP contribution in [0, 0.1) is 0 Å². The summed E-state index contributed by atoms with van der Waals surface area (Å²) in [4.78, 5) is 7.09. The Bertz CT molecular complexity index is 1130. The van der Waals surface area contributed by atoms with E-state index < -0.39 is 0 Å². The fourth-order valence-electron chi connectivity index (χ4n) is 3.65. The van der Waals surface area contributed by atoms with Crippen LogP contribution in [0.1, 0.15) is 0 Å². The molecule has 2 heterocycles. The molecule has 124 valence electrons. The van der Waals surface area contributed by atoms with Gasteiger partial charge < -0.3 is 20.0 Å². The highest BCUT2D eigenvalue weighted by Crippen LogP contribution is 2.40. The number of aromatic nitrogens is 2. The number of ether oxygens (including phenoxy) is 1. The summed E-state index contributed by atoms with van der Waals surface area (Å²) in [7, 11) is 1.94. The number of fused-ring (bicyclic) bond motifs is 6. The Labute approximate surface area is 144 Å². The SMILES string of the molecule is CNCCOc1c2[nH]c3ccccc3c2cc2c1[nH]c1ccccc12. The first-order chi connectivity index (χ1) is 12.4. The summed E-state index contributed by atoms with van der Waals surface area (Å²) in [5.74, 6) is 0.898. The van der Waals surface area contributed by atoms with Crippen LogP contribution in [-0.4, -0.2) is 30.2 Å². The zero-order valence-corrected chi connectivity index (χ0v) is 14.0. The highest BCUT2D eigenvalue weighted by molar-refractivity contribution is 6.20. The van der Waals surface area contributed by atoms with Crippen molar-refractivity contribution < 1.29 is 4.74 Å². The number of para-hydroxylation sites is 2. The Morgan fingerprint density at radius 1 is 0.800 bits per heavy atom. The van der Waals surface area contributed by atoms with Crippen molar-refractivity contribution in [3.63, 3.8) is 0 Å². The Morgan fingerprint density at radius 3 is 1.92 bits per heavy atom. The molecule has 5 rings (SSSR count). The summed E-state index contributed by atoms with van der Waals surface area (Å²) in [6, 6.07) is 19.1. The van der Waals surface area contributed by atoms with E-state index in [-0.39, 0.29) is 0 Å². The van der Waals surface area contributed by atoms with E-state index in [4.69, 9.17) is 4.74 Å². The van der Waals surface area contributed by atoms with Crippen molar-refractivity contribution in [1.82, 2.24) is 15.3 Å². The Balaban J connectivity index is 1.90. The molecule has 3 N–H and O–H groups in total. The second kappa shape index (κ2) is 5.53. The lowest BCUT2D eigenvalue weighted by Crippen LogP contribution is -2.16. The van der Waals surface area contributed by atoms with Gasteiger partial charge in [-0.3, -0.25) is 0 Å². The van der Waals surface area contributed by atoms with Gasteiger partial charge in [0.2, 0.25) is 0 Å². The standard InChI is InChI=1S/C21H19N3O/c1-22-10-11-25-21-19-15(13-6-2-4-8-17(13)23-19)12-16-14-7-3-5-9-18(14)24-20(16)21/h2-9,12,22-24H,10-11H2,1H3. The Kier molecular flexibility index (Phi) is 3.18. The van der Waals surface area contributed by atoms with Crippen LogP contribution in [0.25, 0.3) is 43.6 Å². The number of rotatable bonds is 4. The van der Waals surface area contributed by atoms with Crippen LogP contribution in [0.5, 0.6) is 5.75 Å². The van der Waals surface area contributed by atoms with Gasteiger partial charge in [-0.1, -0.05) is 36.4 Å². The second-order valence-corrected chi connectivity index (χ2v) is 6.34. The quantitative estimate of drug-likeness (QED) is 0.424. The number of benzene rings is 3. The molecule has 0 radical (unpaired) electrons. The summed E-state index contributed by atoms with van der Waals surface area (Å²) >= 11 is 0. The predicted octanol–water partition coefficient (Wildman–Crippen LogP) is 4.55. The second-order valence-electron chi connectivity index (χ2n) is 6.34. The maximum absolute atomic E-state index is 6.21. The molecule has 5 aromatic rings. The van der Waals surface area contributed by atoms with Crippen LogP contribution in [-0.2, 0) is 0 Å². The lowest BCUT2D eigenvalue weighted by Gasteiger charge is -2.09. The topological polar surface area (TPSA) is 52.8 Å². The minimum atomic E-state index is 0.620. The predicted molar refractivity (Wildman–Crippen MR) is 105 cm³/mol. The Morgan fingerprint density at radius 2 is 1.36 bits per heavy atom. The number of hydrogen-bond acceptors (Lipinski definition) is 2. The molecule has 0 unspecified atom stereocenters. The molecule has 0 amide bonds. The molecule has 0 aliphatic carbocycles. The van der Waals surface area contributed by atoms with Crippen molar-refractivity contribution in [3.8, 4) is 5.75 Å². The molecule has 0 saturated carbocycles. The number of nitrogens with one attached hydrogen (secondary N) is 3. The van der Waals surface area contributed by atoms with Crippen molar-refractivity contribution in [2.45, 2.75) is 0 Å². The fraction of sp³-hybridized carbons (Fsp3) is 0.143. The van der Waals surface area contributed by atoms with Crippen LogP contribution in [0.3, 0.4) is 0 Å². The first-order valence-electron chi connectivity index (χ1n) is 8.58. The van der Waals surface area contributed by atoms with E-state index in [0.29, 0.717) is 6.61 Å². The summed E-state index contributed by atoms with van der Waals surface area (Å²) in [5, 5.41) is 7.99. The molecule has 0 saturated heterocycles. The largest absolute Gasteiger partial charge is 0.488 e. The third-order valence-electron chi connectivity index (χ3n) is 4.83. The number of aromatic amines is 2. The average Bonchev–Trinajstić information content (AvgIpc) is 3.20. The van der Waals surface area contributed by atoms with Crippen LogP contribution in [0.2, 0.25) is 0 Å². The lowest BCUT2D eigenvalue weighted by molar-refractivity contribution is 0.324. The molecule has 3 aromatic carbocycles. The number of H-pyrrole nitrogens is 2. The minimum Gasteiger partial charge on any atom is -0.488 e. The first-order valence-corrected chi connectivity index (χ1v) is 8.58. The first kappa shape index (κ1) is 14.4. The Hall–Kier alpha value is -2.98. The van der Waals surface area contributed by atoms with Crippen molar-refractivity contribution in [2.24, 2.45) is 0 Å². The van der Waals surface area contributed by atoms with Gasteiger partial charge >= 0.3 is 0 Å². The van der Waals surface area contributed by atoms with Crippen LogP contribution >= 0.6 is 0 Å². The minimum absolute atomic E-state index is 0.620. The third kappa shape index (κ3) is 2.11. The van der Waals surface area contributed by atoms with E-state index in [0.717, 1.165) is 34.4 Å². The van der Waals surface area contributed by atoms with Crippen LogP contribution in [0.15, 0.2) is 54.6 Å². The van der Waals surface area contributed by atoms with Crippen molar-refractivity contribution >= 4 is 43.6 Å². The monoisotopic (exact) mass is 329 g/mol. The van der Waals surface area contributed by atoms with Crippen molar-refractivity contribution in [2.75, 3.05) is 20.2 Å². The van der Waals surface area contributed by atoms with Gasteiger partial charge in [0.05, 0.1) is 11.0 Å². The molecule has 0 aliphatic rings. The van der Waals surface area contributed by atoms with Gasteiger partial charge in [-0.2, -0.15) is 0 Å². The van der Waals surface area contributed by atoms with Gasteiger partial charge in [-0.15, -0.1) is 0 Å². The molecule has 25 heavy (non-hydrogen) atoms. The van der Waals surface area contributed by atoms with Gasteiger partial charge in [-0.25, -0.2) is 0 Å². The third-order valence-corrected chi connectivity index (χ3v) is 4.83. The lowest BCUT2D eigenvalue weighted by atomic mass is 10.1. The van der Waals surface area contributed by atoms with E-state index >= 15 is 0 Å². The summed E-state index contributed by atoms with van der Waals surface area (Å²) in [6.07, 6.45) is 0. The molecule has 0 atom stereocenters. The smallest absolute Gasteiger partial charge is 0.167 e. The van der Waals surface area contributed by atoms with Gasteiger partial charge in [-0.05, 0) is 25.2 Å². The van der Waals surface area contributed by atoms with E-state index in [1.54, 1.807) is 0 Å². The molecule has 0 spiro atoms.